The van der Waals surface area contributed by atoms with E-state index in [4.69, 9.17) is 66.8 Å². The topological polar surface area (TPSA) is 380 Å². The van der Waals surface area contributed by atoms with Crippen LogP contribution in [0.2, 0.25) is 0 Å². The second-order valence-electron chi connectivity index (χ2n) is 20.8. The van der Waals surface area contributed by atoms with Crippen molar-refractivity contribution in [1.29, 1.82) is 5.26 Å². The normalized spacial score (nSPS) is 22.1. The van der Waals surface area contributed by atoms with Crippen LogP contribution >= 0.6 is 23.7 Å². The number of benzene rings is 1. The second kappa shape index (κ2) is 30.5. The third kappa shape index (κ3) is 17.8. The van der Waals surface area contributed by atoms with E-state index in [0.29, 0.717) is 16.7 Å². The number of imidazole rings is 2. The van der Waals surface area contributed by atoms with Crippen LogP contribution in [-0.2, 0) is 70.0 Å². The van der Waals surface area contributed by atoms with Gasteiger partial charge in [0.05, 0.1) is 43.1 Å². The molecule has 6 heterocycles. The first kappa shape index (κ1) is 68.0. The molecule has 30 nitrogen and oxygen atoms in total. The number of fused-ring (bicyclic) bond motifs is 2. The number of nitrogens with two attached hydrogens (primary N) is 1. The predicted molar refractivity (Wildman–Crippen MR) is 306 cm³/mol. The molecule has 85 heavy (non-hydrogen) atoms. The van der Waals surface area contributed by atoms with Crippen LogP contribution in [0.4, 0.5) is 11.6 Å². The fourth-order valence-electron chi connectivity index (χ4n) is 8.54. The smallest absolute Gasteiger partial charge is 0.359 e. The molecule has 0 bridgehead atoms. The van der Waals surface area contributed by atoms with Gasteiger partial charge in [0.1, 0.15) is 54.8 Å². The van der Waals surface area contributed by atoms with Gasteiger partial charge in [0.15, 0.2) is 40.9 Å². The summed E-state index contributed by atoms with van der Waals surface area (Å²) in [5, 5.41) is 12.1. The highest BCUT2D eigenvalue weighted by atomic mass is 31.2. The van der Waals surface area contributed by atoms with Crippen molar-refractivity contribution in [3.05, 3.63) is 85.0 Å². The van der Waals surface area contributed by atoms with Gasteiger partial charge in [0.25, 0.3) is 14.4 Å². The number of hydrogen-bond acceptors (Lipinski definition) is 25. The molecular formula is C52H73N12O18P3. The number of nitrogens with zero attached hydrogens (tertiary/aromatic N) is 10. The number of hydrogen-bond donors (Lipinski definition) is 4. The molecule has 0 spiro atoms. The lowest BCUT2D eigenvalue weighted by molar-refractivity contribution is -0.160. The first-order valence-electron chi connectivity index (χ1n) is 26.5. The summed E-state index contributed by atoms with van der Waals surface area (Å²) in [7, 11) is -6.13. The molecule has 4 unspecified atom stereocenters. The number of carbonyl (C=O) groups is 3. The van der Waals surface area contributed by atoms with E-state index < -0.39 is 116 Å². The van der Waals surface area contributed by atoms with E-state index in [1.54, 1.807) is 74.1 Å². The molecule has 0 radical (unpaired) electrons. The average Bonchev–Trinajstić information content (AvgIpc) is 2.10. The Kier molecular flexibility index (Phi) is 24.4. The maximum absolute atomic E-state index is 14.2. The lowest BCUT2D eigenvalue weighted by Gasteiger charge is -2.38. The van der Waals surface area contributed by atoms with Crippen molar-refractivity contribution in [2.24, 2.45) is 11.3 Å². The fourth-order valence-corrected chi connectivity index (χ4v) is 11.7. The zero-order valence-corrected chi connectivity index (χ0v) is 51.7. The Morgan fingerprint density at radius 3 is 1.88 bits per heavy atom. The quantitative estimate of drug-likeness (QED) is 0.0185. The van der Waals surface area contributed by atoms with Gasteiger partial charge in [0.2, 0.25) is 13.6 Å². The van der Waals surface area contributed by atoms with E-state index in [9.17, 15) is 28.8 Å². The van der Waals surface area contributed by atoms with Crippen molar-refractivity contribution < 1.29 is 84.6 Å². The number of aromatic nitrogens is 8. The van der Waals surface area contributed by atoms with Crippen molar-refractivity contribution in [2.75, 3.05) is 52.6 Å². The number of esters is 2. The van der Waals surface area contributed by atoms with Crippen LogP contribution < -0.4 is 11.1 Å². The summed E-state index contributed by atoms with van der Waals surface area (Å²) >= 11 is 0. The number of carbonyl (C=O) groups excluding carboxylic acids is 3. The van der Waals surface area contributed by atoms with Gasteiger partial charge in [-0.25, -0.2) is 34.6 Å². The average molecular weight is 1250 g/mol. The minimum atomic E-state index is -4.36. The van der Waals surface area contributed by atoms with E-state index in [1.165, 1.54) is 58.8 Å². The van der Waals surface area contributed by atoms with Crippen LogP contribution in [0.25, 0.3) is 22.3 Å². The minimum absolute atomic E-state index is 0.0588. The lowest BCUT2D eigenvalue weighted by atomic mass is 9.98. The van der Waals surface area contributed by atoms with Crippen molar-refractivity contribution in [1.82, 2.24) is 43.7 Å². The molecule has 0 saturated carbocycles. The molecule has 0 aliphatic carbocycles. The molecule has 2 saturated heterocycles. The van der Waals surface area contributed by atoms with Gasteiger partial charge in [-0.3, -0.25) is 41.7 Å². The summed E-state index contributed by atoms with van der Waals surface area (Å²) in [5.74, 6) is 0.154. The summed E-state index contributed by atoms with van der Waals surface area (Å²) in [5.41, 5.74) is 6.74. The molecule has 4 aromatic heterocycles. The molecule has 10 atom stereocenters. The highest BCUT2D eigenvalue weighted by Gasteiger charge is 2.50. The highest BCUT2D eigenvalue weighted by molar-refractivity contribution is 7.57. The molecule has 464 valence electrons. The number of methoxy groups -OCH3 is 3. The monoisotopic (exact) mass is 1250 g/mol. The Morgan fingerprint density at radius 2 is 1.33 bits per heavy atom. The molecular weight excluding hydrogens is 1170 g/mol. The molecule has 33 heteroatoms. The molecule has 2 aliphatic heterocycles. The first-order valence-corrected chi connectivity index (χ1v) is 31.0. The van der Waals surface area contributed by atoms with E-state index in [0.717, 1.165) is 11.6 Å². The van der Waals surface area contributed by atoms with Crippen LogP contribution in [0, 0.1) is 22.7 Å². The SMILES string of the molecule is CO[C@@H]1[C@@H](/C=C/P(=O)(O)O)OC(n2cnc3c(N)ncnc32)[C@@H]1OC.CO[C@H]1C(n2cnc3c(NC(=O)c4ccccc4)ncnc32)O[C@H](/C=C/P(=O)(OCOC(=O)C(C)C)OCOC(=O)C(C)(C)C)[C@H]1OP(OCCC#N)N(C(C)C)C(C)C. The van der Waals surface area contributed by atoms with Gasteiger partial charge < -0.3 is 63.0 Å². The Labute approximate surface area is 492 Å². The zero-order valence-electron chi connectivity index (χ0n) is 49.0. The molecule has 1 aromatic carbocycles. The summed E-state index contributed by atoms with van der Waals surface area (Å²) in [6.07, 6.45) is 1.76. The largest absolute Gasteiger partial charge is 0.438 e. The minimum Gasteiger partial charge on any atom is -0.438 e. The first-order chi connectivity index (χ1) is 40.3. The van der Waals surface area contributed by atoms with Crippen molar-refractivity contribution in [3.8, 4) is 6.07 Å². The Balaban J connectivity index is 0.000000382. The van der Waals surface area contributed by atoms with Crippen LogP contribution in [0.5, 0.6) is 0 Å². The molecule has 5 N–H and O–H groups in total. The zero-order chi connectivity index (χ0) is 62.4. The van der Waals surface area contributed by atoms with Crippen molar-refractivity contribution >= 4 is 75.5 Å². The number of amides is 1. The summed E-state index contributed by atoms with van der Waals surface area (Å²) in [6.45, 7) is 14.7. The van der Waals surface area contributed by atoms with E-state index >= 15 is 0 Å². The second-order valence-corrected chi connectivity index (χ2v) is 25.5. The maximum atomic E-state index is 14.2. The van der Waals surface area contributed by atoms with Gasteiger partial charge in [-0.2, -0.15) is 5.26 Å². The number of anilines is 2. The summed E-state index contributed by atoms with van der Waals surface area (Å²) in [4.78, 5) is 81.3. The van der Waals surface area contributed by atoms with Crippen LogP contribution in [0.3, 0.4) is 0 Å². The third-order valence-corrected chi connectivity index (χ3v) is 16.7. The molecule has 2 fully saturated rings. The Bertz CT molecular complexity index is 3230. The summed E-state index contributed by atoms with van der Waals surface area (Å²) in [6, 6.07) is 10.6. The molecule has 2 aliphatic rings. The molecule has 7 rings (SSSR count). The number of rotatable bonds is 26. The molecule has 5 aromatic rings. The maximum Gasteiger partial charge on any atom is 0.359 e. The summed E-state index contributed by atoms with van der Waals surface area (Å²) < 4.78 is 94.5. The van der Waals surface area contributed by atoms with E-state index in [2.05, 4.69) is 41.3 Å². The van der Waals surface area contributed by atoms with Gasteiger partial charge in [-0.1, -0.05) is 32.0 Å². The molecule has 1 amide bonds. The van der Waals surface area contributed by atoms with Gasteiger partial charge in [0, 0.05) is 50.6 Å². The standard InChI is InChI=1S/C39H55N7O12P2.C13H18N5O6P/c1-25(2)37(48)52-23-55-60(50,56-24-53-38(49)39(7,8)9)20-17-29-31(58-59(54-19-14-18-40)46(26(3)4)27(5)6)32(51-10)36(57-29)45-22-43-30-33(41-21-42-34(30)45)44-35(47)28-15-12-11-13-16-28;1-22-9-7(3-4-25(19,20)21)24-13(10(9)23-2)18-6-17-8-11(14)15-5-16-12(8)18/h11-13,15-17,20-22,25-27,29,31-32,36H,14,19,23-24H2,1-10H3,(H,41,42,44,47);3-7,9-10,13H,1-2H3,(H2,14,15,16)(H2,19,20,21)/b20-17+;4-3+/t29-,31-,32-,36?,59?,60?;7-,9-,10-,13?/m11/s1. The Morgan fingerprint density at radius 1 is 0.788 bits per heavy atom. The third-order valence-electron chi connectivity index (χ3n) is 12.6. The van der Waals surface area contributed by atoms with E-state index in [-0.39, 0.29) is 47.9 Å². The number of nitrogen functional groups attached to an aromatic ring is 1. The fraction of sp³-hybridized carbons (Fsp3) is 0.538. The highest BCUT2D eigenvalue weighted by Crippen LogP contribution is 2.53. The van der Waals surface area contributed by atoms with Gasteiger partial charge in [-0.05, 0) is 72.8 Å². The predicted octanol–water partition coefficient (Wildman–Crippen LogP) is 7.12. The lowest BCUT2D eigenvalue weighted by Crippen LogP contribution is -2.39. The van der Waals surface area contributed by atoms with Crippen LogP contribution in [-0.4, -0.2) is 162 Å². The van der Waals surface area contributed by atoms with Crippen molar-refractivity contribution in [3.63, 3.8) is 0 Å². The van der Waals surface area contributed by atoms with E-state index in [1.807, 2.05) is 32.4 Å². The van der Waals surface area contributed by atoms with Crippen molar-refractivity contribution in [2.45, 2.75) is 130 Å². The van der Waals surface area contributed by atoms with Crippen LogP contribution in [0.1, 0.15) is 91.5 Å². The number of nitrogens with one attached hydrogen (secondary N) is 1. The number of ether oxygens (including phenoxy) is 7. The number of nitriles is 1. The van der Waals surface area contributed by atoms with Crippen LogP contribution in [0.15, 0.2) is 79.4 Å². The Hall–Kier alpha value is -6.09. The van der Waals surface area contributed by atoms with Gasteiger partial charge in [-0.15, -0.1) is 0 Å². The van der Waals surface area contributed by atoms with Gasteiger partial charge >= 0.3 is 27.1 Å².